The fourth-order valence-corrected chi connectivity index (χ4v) is 3.38. The average molecular weight is 467 g/mol. The van der Waals surface area contributed by atoms with Crippen LogP contribution in [-0.4, -0.2) is 49.6 Å². The highest BCUT2D eigenvalue weighted by Gasteiger charge is 2.37. The van der Waals surface area contributed by atoms with Crippen LogP contribution >= 0.6 is 0 Å². The van der Waals surface area contributed by atoms with Gasteiger partial charge >= 0.3 is 12.1 Å². The molecule has 1 unspecified atom stereocenters. The van der Waals surface area contributed by atoms with Gasteiger partial charge in [0.15, 0.2) is 8.32 Å². The van der Waals surface area contributed by atoms with Crippen LogP contribution in [0.1, 0.15) is 59.9 Å². The van der Waals surface area contributed by atoms with Crippen molar-refractivity contribution in [1.82, 2.24) is 5.32 Å². The van der Waals surface area contributed by atoms with Crippen LogP contribution in [0.2, 0.25) is 18.1 Å². The Morgan fingerprint density at radius 1 is 1.09 bits per heavy atom. The molecule has 32 heavy (non-hydrogen) atoms. The van der Waals surface area contributed by atoms with E-state index in [4.69, 9.17) is 24.4 Å². The standard InChI is InChI=1S/C23H38N2O6Si/c1-22(2,3)31-21(28)25-20(24)16-9-11-17(12-10-16)30-18(13-14-19(26)27)15-29-32(7,8)23(4,5)6/h9-12,18H,13-15H2,1-8H3,(H,26,27)(H2,24,25,28). The monoisotopic (exact) mass is 466 g/mol. The molecule has 1 aromatic rings. The molecule has 0 radical (unpaired) electrons. The van der Waals surface area contributed by atoms with E-state index < -0.39 is 32.1 Å². The maximum atomic E-state index is 11.8. The van der Waals surface area contributed by atoms with Crippen molar-refractivity contribution in [1.29, 1.82) is 5.41 Å². The van der Waals surface area contributed by atoms with E-state index in [1.807, 2.05) is 0 Å². The topological polar surface area (TPSA) is 118 Å². The molecule has 0 spiro atoms. The summed E-state index contributed by atoms with van der Waals surface area (Å²) >= 11 is 0. The summed E-state index contributed by atoms with van der Waals surface area (Å²) in [4.78, 5) is 22.9. The summed E-state index contributed by atoms with van der Waals surface area (Å²) in [5.74, 6) is -0.439. The second-order valence-corrected chi connectivity index (χ2v) is 15.1. The fourth-order valence-electron chi connectivity index (χ4n) is 2.35. The first-order chi connectivity index (χ1) is 14.5. The van der Waals surface area contributed by atoms with Crippen molar-refractivity contribution in [3.05, 3.63) is 29.8 Å². The molecular weight excluding hydrogens is 428 g/mol. The lowest BCUT2D eigenvalue weighted by Gasteiger charge is -2.37. The largest absolute Gasteiger partial charge is 0.488 e. The van der Waals surface area contributed by atoms with Gasteiger partial charge in [-0.3, -0.25) is 15.5 Å². The SMILES string of the molecule is CC(C)(C)OC(=O)NC(=N)c1ccc(OC(CCC(=O)O)CO[Si](C)(C)C(C)(C)C)cc1. The van der Waals surface area contributed by atoms with Gasteiger partial charge in [-0.25, -0.2) is 4.79 Å². The third-order valence-corrected chi connectivity index (χ3v) is 9.69. The van der Waals surface area contributed by atoms with E-state index in [-0.39, 0.29) is 17.3 Å². The minimum atomic E-state index is -2.01. The summed E-state index contributed by atoms with van der Waals surface area (Å²) in [6, 6.07) is 6.66. The van der Waals surface area contributed by atoms with Gasteiger partial charge in [-0.15, -0.1) is 0 Å². The van der Waals surface area contributed by atoms with Gasteiger partial charge in [-0.2, -0.15) is 0 Å². The van der Waals surface area contributed by atoms with Crippen LogP contribution in [0.25, 0.3) is 0 Å². The van der Waals surface area contributed by atoms with E-state index in [1.54, 1.807) is 45.0 Å². The second kappa shape index (κ2) is 11.0. The third-order valence-electron chi connectivity index (χ3n) is 5.19. The number of nitrogens with one attached hydrogen (secondary N) is 2. The highest BCUT2D eigenvalue weighted by Crippen LogP contribution is 2.36. The molecule has 0 aliphatic heterocycles. The first-order valence-corrected chi connectivity index (χ1v) is 13.6. The highest BCUT2D eigenvalue weighted by atomic mass is 28.4. The molecule has 0 aromatic heterocycles. The molecule has 0 aliphatic carbocycles. The molecule has 1 atom stereocenters. The number of ether oxygens (including phenoxy) is 2. The van der Waals surface area contributed by atoms with Crippen molar-refractivity contribution in [2.75, 3.05) is 6.61 Å². The third kappa shape index (κ3) is 9.82. The van der Waals surface area contributed by atoms with Gasteiger partial charge in [0.25, 0.3) is 0 Å². The number of rotatable bonds is 9. The van der Waals surface area contributed by atoms with E-state index in [1.165, 1.54) is 0 Å². The molecule has 8 nitrogen and oxygen atoms in total. The van der Waals surface area contributed by atoms with E-state index in [0.717, 1.165) is 0 Å². The number of aliphatic carboxylic acids is 1. The molecule has 0 aliphatic rings. The molecule has 180 valence electrons. The normalized spacial score (nSPS) is 13.2. The molecule has 1 amide bonds. The Kier molecular flexibility index (Phi) is 9.46. The Bertz CT molecular complexity index is 794. The van der Waals surface area contributed by atoms with Crippen molar-refractivity contribution in [3.8, 4) is 5.75 Å². The zero-order chi connectivity index (χ0) is 24.7. The van der Waals surface area contributed by atoms with Crippen molar-refractivity contribution in [2.45, 2.75) is 84.2 Å². The Hall–Kier alpha value is -2.39. The number of benzene rings is 1. The summed E-state index contributed by atoms with van der Waals surface area (Å²) < 4.78 is 17.4. The minimum Gasteiger partial charge on any atom is -0.488 e. The molecule has 1 rings (SSSR count). The maximum Gasteiger partial charge on any atom is 0.413 e. The van der Waals surface area contributed by atoms with Gasteiger partial charge in [-0.05, 0) is 69.6 Å². The zero-order valence-corrected chi connectivity index (χ0v) is 21.5. The molecule has 0 saturated heterocycles. The first-order valence-electron chi connectivity index (χ1n) is 10.7. The predicted molar refractivity (Wildman–Crippen MR) is 127 cm³/mol. The van der Waals surface area contributed by atoms with Crippen molar-refractivity contribution in [2.24, 2.45) is 0 Å². The summed E-state index contributed by atoms with van der Waals surface area (Å²) in [6.45, 7) is 16.3. The summed E-state index contributed by atoms with van der Waals surface area (Å²) in [6.07, 6.45) is -0.805. The molecule has 0 heterocycles. The smallest absolute Gasteiger partial charge is 0.413 e. The van der Waals surface area contributed by atoms with E-state index in [2.05, 4.69) is 39.2 Å². The van der Waals surface area contributed by atoms with Crippen LogP contribution < -0.4 is 10.1 Å². The van der Waals surface area contributed by atoms with Gasteiger partial charge in [-0.1, -0.05) is 20.8 Å². The highest BCUT2D eigenvalue weighted by molar-refractivity contribution is 6.74. The van der Waals surface area contributed by atoms with Crippen LogP contribution in [0.15, 0.2) is 24.3 Å². The van der Waals surface area contributed by atoms with Crippen LogP contribution in [0.4, 0.5) is 4.79 Å². The molecular formula is C23H38N2O6Si. The number of hydrogen-bond donors (Lipinski definition) is 3. The van der Waals surface area contributed by atoms with Crippen LogP contribution in [0.5, 0.6) is 5.75 Å². The predicted octanol–water partition coefficient (Wildman–Crippen LogP) is 5.17. The Morgan fingerprint density at radius 2 is 1.66 bits per heavy atom. The van der Waals surface area contributed by atoms with E-state index in [0.29, 0.717) is 24.3 Å². The number of carboxylic acids is 1. The summed E-state index contributed by atoms with van der Waals surface area (Å²) in [7, 11) is -2.01. The average Bonchev–Trinajstić information content (AvgIpc) is 2.61. The quantitative estimate of drug-likeness (QED) is 0.262. The number of amidine groups is 1. The second-order valence-electron chi connectivity index (χ2n) is 10.3. The molecule has 0 saturated carbocycles. The zero-order valence-electron chi connectivity index (χ0n) is 20.5. The van der Waals surface area contributed by atoms with Gasteiger partial charge in [0, 0.05) is 12.0 Å². The van der Waals surface area contributed by atoms with Gasteiger partial charge in [0.2, 0.25) is 0 Å². The minimum absolute atomic E-state index is 0.0198. The van der Waals surface area contributed by atoms with E-state index >= 15 is 0 Å². The number of alkyl carbamates (subject to hydrolysis) is 1. The molecule has 3 N–H and O–H groups in total. The number of carboxylic acid groups (broad SMARTS) is 1. The number of hydrogen-bond acceptors (Lipinski definition) is 6. The van der Waals surface area contributed by atoms with Crippen molar-refractivity contribution >= 4 is 26.2 Å². The van der Waals surface area contributed by atoms with Gasteiger partial charge < -0.3 is 19.0 Å². The molecule has 1 aromatic carbocycles. The van der Waals surface area contributed by atoms with Gasteiger partial charge in [0.1, 0.15) is 23.3 Å². The Labute approximate surface area is 192 Å². The van der Waals surface area contributed by atoms with Crippen molar-refractivity contribution in [3.63, 3.8) is 0 Å². The fraction of sp³-hybridized carbons (Fsp3) is 0.609. The van der Waals surface area contributed by atoms with Crippen molar-refractivity contribution < 1.29 is 28.6 Å². The molecule has 0 fully saturated rings. The lowest BCUT2D eigenvalue weighted by atomic mass is 10.2. The van der Waals surface area contributed by atoms with Crippen LogP contribution in [0, 0.1) is 5.41 Å². The molecule has 0 bridgehead atoms. The Balaban J connectivity index is 2.80. The molecule has 9 heteroatoms. The van der Waals surface area contributed by atoms with Crippen LogP contribution in [0.3, 0.4) is 0 Å². The van der Waals surface area contributed by atoms with Crippen LogP contribution in [-0.2, 0) is 14.0 Å². The lowest BCUT2D eigenvalue weighted by molar-refractivity contribution is -0.137. The van der Waals surface area contributed by atoms with Gasteiger partial charge in [0.05, 0.1) is 6.61 Å². The number of amides is 1. The Morgan fingerprint density at radius 3 is 2.12 bits per heavy atom. The van der Waals surface area contributed by atoms with E-state index in [9.17, 15) is 9.59 Å². The summed E-state index contributed by atoms with van der Waals surface area (Å²) in [5.41, 5.74) is -0.165. The lowest BCUT2D eigenvalue weighted by Crippen LogP contribution is -2.43. The number of carbonyl (C=O) groups excluding carboxylic acids is 1. The number of carbonyl (C=O) groups is 2. The maximum absolute atomic E-state index is 11.8. The summed E-state index contributed by atoms with van der Waals surface area (Å²) in [5, 5.41) is 19.6. The first kappa shape index (κ1) is 27.6.